The minimum atomic E-state index is -0.286. The van der Waals surface area contributed by atoms with Crippen LogP contribution in [0.2, 0.25) is 0 Å². The van der Waals surface area contributed by atoms with E-state index in [0.717, 1.165) is 24.3 Å². The van der Waals surface area contributed by atoms with Gasteiger partial charge in [0.2, 0.25) is 0 Å². The Morgan fingerprint density at radius 1 is 0.907 bits per heavy atom. The van der Waals surface area contributed by atoms with Crippen LogP contribution in [0.5, 0.6) is 0 Å². The van der Waals surface area contributed by atoms with E-state index in [2.05, 4.69) is 84.0 Å². The first-order chi connectivity index (χ1) is 20.8. The number of piperazine rings is 1. The molecule has 0 bridgehead atoms. The van der Waals surface area contributed by atoms with Crippen LogP contribution in [0.4, 0.5) is 10.6 Å². The molecule has 3 N–H and O–H groups in total. The van der Waals surface area contributed by atoms with E-state index in [9.17, 15) is 4.79 Å². The molecule has 6 rings (SSSR count). The monoisotopic (exact) mass is 579 g/mol. The summed E-state index contributed by atoms with van der Waals surface area (Å²) in [5.41, 5.74) is 9.33. The molecule has 2 aromatic carbocycles. The van der Waals surface area contributed by atoms with Crippen LogP contribution >= 0.6 is 0 Å². The summed E-state index contributed by atoms with van der Waals surface area (Å²) in [6, 6.07) is 20.7. The van der Waals surface area contributed by atoms with Crippen molar-refractivity contribution in [3.8, 4) is 11.5 Å². The van der Waals surface area contributed by atoms with Crippen molar-refractivity contribution >= 4 is 11.8 Å². The highest BCUT2D eigenvalue weighted by atomic mass is 16.2. The number of benzene rings is 2. The molecule has 222 valence electrons. The lowest BCUT2D eigenvalue weighted by atomic mass is 9.91. The van der Waals surface area contributed by atoms with Crippen LogP contribution in [0.3, 0.4) is 0 Å². The number of carbonyl (C=O) groups excluding carboxylic acids is 1. The lowest BCUT2D eigenvalue weighted by Crippen LogP contribution is -2.56. The molecular formula is C31H37N11O. The van der Waals surface area contributed by atoms with Crippen LogP contribution < -0.4 is 11.1 Å². The summed E-state index contributed by atoms with van der Waals surface area (Å²) in [7, 11) is 0. The maximum atomic E-state index is 12.9. The first-order valence-corrected chi connectivity index (χ1v) is 14.5. The highest BCUT2D eigenvalue weighted by molar-refractivity contribution is 5.75. The molecule has 2 amide bonds. The lowest BCUT2D eigenvalue weighted by Gasteiger charge is -2.43. The van der Waals surface area contributed by atoms with Crippen molar-refractivity contribution in [1.82, 2.24) is 49.6 Å². The van der Waals surface area contributed by atoms with Gasteiger partial charge in [-0.05, 0) is 31.9 Å². The number of fused-ring (bicyclic) bond motifs is 1. The molecule has 0 aliphatic carbocycles. The SMILES string of the molecule is CC(C)(C)NC(=O)N1CCN([C@@H](c2ccccc2)[C@@H](c2ccccc2)n2cc(Cn3cnc(N)c4ncnc3-4)nn2)CC1. The molecular weight excluding hydrogens is 542 g/mol. The number of hydrogen-bond acceptors (Lipinski definition) is 8. The van der Waals surface area contributed by atoms with Gasteiger partial charge in [0.15, 0.2) is 11.6 Å². The van der Waals surface area contributed by atoms with Crippen molar-refractivity contribution in [2.45, 2.75) is 44.9 Å². The Morgan fingerprint density at radius 3 is 2.21 bits per heavy atom. The Balaban J connectivity index is 1.32. The minimum absolute atomic E-state index is 0.0257. The number of anilines is 1. The summed E-state index contributed by atoms with van der Waals surface area (Å²) in [6.07, 6.45) is 5.13. The van der Waals surface area contributed by atoms with Crippen LogP contribution in [0, 0.1) is 0 Å². The minimum Gasteiger partial charge on any atom is -0.382 e. The maximum Gasteiger partial charge on any atom is 0.317 e. The number of rotatable bonds is 7. The second kappa shape index (κ2) is 11.8. The van der Waals surface area contributed by atoms with Gasteiger partial charge in [0.25, 0.3) is 0 Å². The van der Waals surface area contributed by atoms with Gasteiger partial charge >= 0.3 is 6.03 Å². The van der Waals surface area contributed by atoms with Crippen molar-refractivity contribution in [2.24, 2.45) is 0 Å². The molecule has 3 aromatic rings. The predicted molar refractivity (Wildman–Crippen MR) is 163 cm³/mol. The quantitative estimate of drug-likeness (QED) is 0.299. The molecule has 0 spiro atoms. The molecule has 1 fully saturated rings. The van der Waals surface area contributed by atoms with E-state index in [4.69, 9.17) is 5.73 Å². The highest BCUT2D eigenvalue weighted by Gasteiger charge is 2.35. The first-order valence-electron chi connectivity index (χ1n) is 14.5. The Kier molecular flexibility index (Phi) is 7.76. The van der Waals surface area contributed by atoms with Crippen molar-refractivity contribution in [3.05, 3.63) is 96.3 Å². The van der Waals surface area contributed by atoms with Gasteiger partial charge in [-0.1, -0.05) is 65.9 Å². The molecule has 4 heterocycles. The summed E-state index contributed by atoms with van der Waals surface area (Å²) in [6.45, 7) is 9.14. The molecule has 3 aliphatic heterocycles. The second-order valence-corrected chi connectivity index (χ2v) is 11.9. The Hall–Kier alpha value is -4.84. The average molecular weight is 580 g/mol. The average Bonchev–Trinajstić information content (AvgIpc) is 3.68. The summed E-state index contributed by atoms with van der Waals surface area (Å²) >= 11 is 0. The van der Waals surface area contributed by atoms with Crippen molar-refractivity contribution < 1.29 is 4.79 Å². The van der Waals surface area contributed by atoms with Gasteiger partial charge in [0.05, 0.1) is 31.2 Å². The standard InChI is InChI=1S/C31H37N11O/c1-31(2,3)36-30(43)40-16-14-39(15-17-40)26(22-10-6-4-7-11-22)27(23-12-8-5-9-13-23)42-19-24(37-38-42)18-41-21-35-28(32)25-29(41)34-20-33-25/h4-13,19-21,26-27H,14-18,32H2,1-3H3,(H,36,43)/t26-,27+/m0/s1. The largest absolute Gasteiger partial charge is 0.382 e. The van der Waals surface area contributed by atoms with Gasteiger partial charge in [-0.15, -0.1) is 5.10 Å². The maximum absolute atomic E-state index is 12.9. The smallest absolute Gasteiger partial charge is 0.317 e. The van der Waals surface area contributed by atoms with Crippen molar-refractivity contribution in [2.75, 3.05) is 31.9 Å². The fraction of sp³-hybridized carbons (Fsp3) is 0.355. The van der Waals surface area contributed by atoms with Gasteiger partial charge in [-0.3, -0.25) is 4.90 Å². The summed E-state index contributed by atoms with van der Waals surface area (Å²) in [5, 5.41) is 12.3. The van der Waals surface area contributed by atoms with E-state index in [-0.39, 0.29) is 23.7 Å². The number of imidazole rings is 1. The molecule has 0 unspecified atom stereocenters. The van der Waals surface area contributed by atoms with Crippen LogP contribution in [0.15, 0.2) is 79.5 Å². The fourth-order valence-electron chi connectivity index (χ4n) is 5.69. The Bertz CT molecular complexity index is 1620. The van der Waals surface area contributed by atoms with E-state index < -0.39 is 0 Å². The number of amides is 2. The number of nitrogens with zero attached hydrogens (tertiary/aromatic N) is 9. The summed E-state index contributed by atoms with van der Waals surface area (Å²) in [5.74, 6) is 0.996. The van der Waals surface area contributed by atoms with E-state index in [1.54, 1.807) is 6.33 Å². The first kappa shape index (κ1) is 28.3. The number of nitrogens with one attached hydrogen (secondary N) is 1. The van der Waals surface area contributed by atoms with E-state index in [1.807, 2.05) is 53.2 Å². The third-order valence-electron chi connectivity index (χ3n) is 7.66. The molecule has 2 atom stereocenters. The number of hydrogen-bond donors (Lipinski definition) is 2. The Morgan fingerprint density at radius 2 is 1.56 bits per heavy atom. The number of carbonyl (C=O) groups is 1. The predicted octanol–water partition coefficient (Wildman–Crippen LogP) is 3.46. The van der Waals surface area contributed by atoms with Gasteiger partial charge in [0.1, 0.15) is 17.7 Å². The van der Waals surface area contributed by atoms with Gasteiger partial charge in [0, 0.05) is 31.7 Å². The highest BCUT2D eigenvalue weighted by Crippen LogP contribution is 2.37. The topological polar surface area (TPSA) is 136 Å². The number of aromatic nitrogens is 7. The number of urea groups is 1. The van der Waals surface area contributed by atoms with E-state index in [0.29, 0.717) is 37.0 Å². The van der Waals surface area contributed by atoms with Crippen LogP contribution in [0.25, 0.3) is 11.5 Å². The molecule has 0 saturated carbocycles. The van der Waals surface area contributed by atoms with Crippen molar-refractivity contribution in [3.63, 3.8) is 0 Å². The lowest BCUT2D eigenvalue weighted by molar-refractivity contribution is 0.0856. The van der Waals surface area contributed by atoms with E-state index >= 15 is 0 Å². The molecule has 3 aliphatic rings. The zero-order valence-corrected chi connectivity index (χ0v) is 24.7. The van der Waals surface area contributed by atoms with Gasteiger partial charge < -0.3 is 20.5 Å². The molecule has 12 nitrogen and oxygen atoms in total. The van der Waals surface area contributed by atoms with Gasteiger partial charge in [-0.2, -0.15) is 0 Å². The zero-order valence-electron chi connectivity index (χ0n) is 24.7. The zero-order chi connectivity index (χ0) is 30.0. The third-order valence-corrected chi connectivity index (χ3v) is 7.66. The van der Waals surface area contributed by atoms with Crippen molar-refractivity contribution in [1.29, 1.82) is 0 Å². The van der Waals surface area contributed by atoms with E-state index in [1.165, 1.54) is 11.9 Å². The molecule has 1 saturated heterocycles. The van der Waals surface area contributed by atoms with Crippen LogP contribution in [-0.4, -0.2) is 82.1 Å². The molecule has 1 aromatic heterocycles. The second-order valence-electron chi connectivity index (χ2n) is 11.9. The molecule has 43 heavy (non-hydrogen) atoms. The molecule has 12 heteroatoms. The number of nitrogen functional groups attached to an aromatic ring is 1. The van der Waals surface area contributed by atoms with Gasteiger partial charge in [-0.25, -0.2) is 24.4 Å². The summed E-state index contributed by atoms with van der Waals surface area (Å²) < 4.78 is 3.83. The van der Waals surface area contributed by atoms with Crippen LogP contribution in [0.1, 0.15) is 49.7 Å². The normalized spacial score (nSPS) is 15.8. The summed E-state index contributed by atoms with van der Waals surface area (Å²) in [4.78, 5) is 30.2. The molecule has 0 radical (unpaired) electrons. The third kappa shape index (κ3) is 6.19. The van der Waals surface area contributed by atoms with Crippen LogP contribution in [-0.2, 0) is 6.54 Å². The Labute approximate surface area is 250 Å². The fourth-order valence-corrected chi connectivity index (χ4v) is 5.69. The number of nitrogens with two attached hydrogens (primary N) is 1.